The summed E-state index contributed by atoms with van der Waals surface area (Å²) in [4.78, 5) is 25.1. The largest absolute Gasteiger partial charge is 0.392 e. The van der Waals surface area contributed by atoms with E-state index in [0.717, 1.165) is 35.1 Å². The minimum Gasteiger partial charge on any atom is -0.392 e. The number of benzene rings is 3. The first kappa shape index (κ1) is 26.3. The number of rotatable bonds is 8. The molecule has 1 aromatic heterocycles. The van der Waals surface area contributed by atoms with Gasteiger partial charge in [0.25, 0.3) is 0 Å². The van der Waals surface area contributed by atoms with E-state index in [0.29, 0.717) is 42.6 Å². The van der Waals surface area contributed by atoms with E-state index in [9.17, 15) is 9.90 Å². The molecular formula is C30H31FN6O2. The Morgan fingerprint density at radius 1 is 1.10 bits per heavy atom. The summed E-state index contributed by atoms with van der Waals surface area (Å²) >= 11 is 0. The number of para-hydroxylation sites is 1. The van der Waals surface area contributed by atoms with Crippen molar-refractivity contribution >= 4 is 39.8 Å². The van der Waals surface area contributed by atoms with Gasteiger partial charge in [-0.3, -0.25) is 9.69 Å². The van der Waals surface area contributed by atoms with Crippen molar-refractivity contribution in [3.63, 3.8) is 0 Å². The van der Waals surface area contributed by atoms with Crippen LogP contribution in [0.15, 0.2) is 79.5 Å². The summed E-state index contributed by atoms with van der Waals surface area (Å²) in [6.07, 6.45) is 2.59. The molecule has 200 valence electrons. The van der Waals surface area contributed by atoms with Crippen LogP contribution in [0.5, 0.6) is 0 Å². The van der Waals surface area contributed by atoms with E-state index < -0.39 is 0 Å². The molecule has 1 saturated heterocycles. The van der Waals surface area contributed by atoms with Crippen molar-refractivity contribution in [1.82, 2.24) is 14.9 Å². The number of anilines is 4. The number of halogens is 1. The van der Waals surface area contributed by atoms with E-state index >= 15 is 4.39 Å². The zero-order chi connectivity index (χ0) is 27.4. The highest BCUT2D eigenvalue weighted by Gasteiger charge is 2.20. The number of aliphatic hydroxyl groups is 1. The number of hydrogen-bond acceptors (Lipinski definition) is 7. The van der Waals surface area contributed by atoms with Gasteiger partial charge in [-0.2, -0.15) is 0 Å². The third kappa shape index (κ3) is 6.22. The number of nitrogens with one attached hydrogen (secondary N) is 2. The van der Waals surface area contributed by atoms with E-state index in [1.54, 1.807) is 19.2 Å². The van der Waals surface area contributed by atoms with Crippen LogP contribution in [0, 0.1) is 5.82 Å². The molecule has 8 nitrogen and oxygen atoms in total. The number of aliphatic hydroxyl groups excluding tert-OH is 1. The van der Waals surface area contributed by atoms with Gasteiger partial charge in [-0.15, -0.1) is 0 Å². The lowest BCUT2D eigenvalue weighted by Gasteiger charge is -2.36. The van der Waals surface area contributed by atoms with Crippen molar-refractivity contribution in [2.45, 2.75) is 13.0 Å². The molecule has 0 unspecified atom stereocenters. The van der Waals surface area contributed by atoms with Gasteiger partial charge >= 0.3 is 0 Å². The quantitative estimate of drug-likeness (QED) is 0.284. The van der Waals surface area contributed by atoms with Crippen LogP contribution in [0.2, 0.25) is 0 Å². The predicted octanol–water partition coefficient (Wildman–Crippen LogP) is 4.81. The summed E-state index contributed by atoms with van der Waals surface area (Å²) in [5, 5.41) is 16.4. The number of β-amino-alcohol motifs (C(OH)–C–C–N with tert-alkyl or cyclic N) is 1. The van der Waals surface area contributed by atoms with Crippen molar-refractivity contribution in [2.75, 3.05) is 48.3 Å². The highest BCUT2D eigenvalue weighted by atomic mass is 19.1. The van der Waals surface area contributed by atoms with E-state index in [1.165, 1.54) is 12.1 Å². The first-order chi connectivity index (χ1) is 18.9. The minimum atomic E-state index is -0.373. The molecule has 5 rings (SSSR count). The number of carbonyl (C=O) groups is 1. The molecule has 1 fully saturated rings. The number of amides is 1. The number of piperazine rings is 1. The fraction of sp³-hybridized carbons (Fsp3) is 0.233. The van der Waals surface area contributed by atoms with Crippen molar-refractivity contribution in [3.8, 4) is 11.1 Å². The minimum absolute atomic E-state index is 0.282. The van der Waals surface area contributed by atoms with Gasteiger partial charge in [0.15, 0.2) is 0 Å². The Labute approximate surface area is 226 Å². The lowest BCUT2D eigenvalue weighted by molar-refractivity contribution is -0.111. The summed E-state index contributed by atoms with van der Waals surface area (Å²) < 4.78 is 15.1. The Hall–Kier alpha value is -4.34. The monoisotopic (exact) mass is 526 g/mol. The summed E-state index contributed by atoms with van der Waals surface area (Å²) in [6.45, 7) is 8.86. The zero-order valence-corrected chi connectivity index (χ0v) is 21.8. The zero-order valence-electron chi connectivity index (χ0n) is 21.8. The molecule has 1 atom stereocenters. The van der Waals surface area contributed by atoms with Crippen LogP contribution in [0.1, 0.15) is 6.92 Å². The Kier molecular flexibility index (Phi) is 7.81. The summed E-state index contributed by atoms with van der Waals surface area (Å²) in [7, 11) is 0. The van der Waals surface area contributed by atoms with Gasteiger partial charge in [0.05, 0.1) is 17.3 Å². The van der Waals surface area contributed by atoms with Crippen LogP contribution < -0.4 is 15.5 Å². The van der Waals surface area contributed by atoms with Crippen LogP contribution in [0.4, 0.5) is 27.4 Å². The molecule has 1 aliphatic heterocycles. The highest BCUT2D eigenvalue weighted by molar-refractivity contribution is 6.00. The molecule has 9 heteroatoms. The number of fused-ring (bicyclic) bond motifs is 1. The Morgan fingerprint density at radius 2 is 1.90 bits per heavy atom. The first-order valence-corrected chi connectivity index (χ1v) is 12.9. The summed E-state index contributed by atoms with van der Waals surface area (Å²) in [5.41, 5.74) is 4.26. The second-order valence-corrected chi connectivity index (χ2v) is 9.64. The van der Waals surface area contributed by atoms with Crippen LogP contribution in [-0.4, -0.2) is 64.7 Å². The van der Waals surface area contributed by atoms with Crippen LogP contribution >= 0.6 is 0 Å². The molecule has 3 N–H and O–H groups in total. The maximum Gasteiger partial charge on any atom is 0.247 e. The van der Waals surface area contributed by atoms with Crippen LogP contribution in [0.25, 0.3) is 22.0 Å². The molecule has 3 aromatic carbocycles. The summed E-state index contributed by atoms with van der Waals surface area (Å²) in [5.74, 6) is -0.246. The fourth-order valence-electron chi connectivity index (χ4n) is 4.82. The van der Waals surface area contributed by atoms with E-state index in [1.807, 2.05) is 53.4 Å². The molecule has 2 heterocycles. The molecule has 4 aromatic rings. The maximum atomic E-state index is 15.1. The smallest absolute Gasteiger partial charge is 0.247 e. The lowest BCUT2D eigenvalue weighted by Crippen LogP contribution is -2.48. The number of nitrogens with zero attached hydrogens (tertiary/aromatic N) is 4. The first-order valence-electron chi connectivity index (χ1n) is 12.9. The molecule has 0 spiro atoms. The van der Waals surface area contributed by atoms with Gasteiger partial charge in [0.1, 0.15) is 5.82 Å². The van der Waals surface area contributed by atoms with Crippen LogP contribution in [0.3, 0.4) is 0 Å². The van der Waals surface area contributed by atoms with E-state index in [2.05, 4.69) is 27.1 Å². The summed E-state index contributed by atoms with van der Waals surface area (Å²) in [6, 6.07) is 18.4. The molecule has 0 radical (unpaired) electrons. The number of hydrogen-bond donors (Lipinski definition) is 3. The molecular weight excluding hydrogens is 495 g/mol. The van der Waals surface area contributed by atoms with Gasteiger partial charge in [0, 0.05) is 61.2 Å². The SMILES string of the molecule is C=CC(=O)Nc1cccc(-c2cccc3cnc(Nc4ccc(N5CCN(C[C@@H](C)O)CC5)c(F)c4)nc23)c1. The topological polar surface area (TPSA) is 93.6 Å². The average molecular weight is 527 g/mol. The predicted molar refractivity (Wildman–Crippen MR) is 154 cm³/mol. The van der Waals surface area contributed by atoms with E-state index in [-0.39, 0.29) is 17.8 Å². The highest BCUT2D eigenvalue weighted by Crippen LogP contribution is 2.30. The van der Waals surface area contributed by atoms with Crippen molar-refractivity contribution < 1.29 is 14.3 Å². The second kappa shape index (κ2) is 11.6. The average Bonchev–Trinajstić information content (AvgIpc) is 2.93. The molecule has 0 aliphatic carbocycles. The molecule has 0 bridgehead atoms. The van der Waals surface area contributed by atoms with Gasteiger partial charge in [-0.05, 0) is 48.9 Å². The van der Waals surface area contributed by atoms with Crippen molar-refractivity contribution in [2.24, 2.45) is 0 Å². The van der Waals surface area contributed by atoms with Crippen molar-refractivity contribution in [3.05, 3.63) is 85.3 Å². The third-order valence-electron chi connectivity index (χ3n) is 6.68. The van der Waals surface area contributed by atoms with E-state index in [4.69, 9.17) is 4.98 Å². The van der Waals surface area contributed by atoms with Gasteiger partial charge in [0.2, 0.25) is 11.9 Å². The maximum absolute atomic E-state index is 15.1. The molecule has 1 aliphatic rings. The molecule has 0 saturated carbocycles. The Morgan fingerprint density at radius 3 is 2.64 bits per heavy atom. The Balaban J connectivity index is 1.35. The Bertz CT molecular complexity index is 1500. The second-order valence-electron chi connectivity index (χ2n) is 9.64. The third-order valence-corrected chi connectivity index (χ3v) is 6.68. The standard InChI is InChI=1S/C30H31FN6O2/c1-3-28(39)33-23-8-4-6-21(16-23)25-9-5-7-22-18-32-30(35-29(22)25)34-24-10-11-27(26(31)17-24)37-14-12-36(13-15-37)19-20(2)38/h3-11,16-18,20,38H,1,12-15,19H2,2H3,(H,33,39)(H,32,34,35)/t20-/m1/s1. The van der Waals surface area contributed by atoms with Gasteiger partial charge in [-0.25, -0.2) is 14.4 Å². The van der Waals surface area contributed by atoms with Crippen LogP contribution in [-0.2, 0) is 4.79 Å². The normalized spacial score (nSPS) is 14.7. The fourth-order valence-corrected chi connectivity index (χ4v) is 4.82. The van der Waals surface area contributed by atoms with Crippen molar-refractivity contribution in [1.29, 1.82) is 0 Å². The van der Waals surface area contributed by atoms with Gasteiger partial charge in [-0.1, -0.05) is 36.9 Å². The molecule has 39 heavy (non-hydrogen) atoms. The lowest BCUT2D eigenvalue weighted by atomic mass is 10.0. The number of carbonyl (C=O) groups excluding carboxylic acids is 1. The molecule has 1 amide bonds. The van der Waals surface area contributed by atoms with Gasteiger partial charge < -0.3 is 20.6 Å². The number of aromatic nitrogens is 2.